The third-order valence-corrected chi connectivity index (χ3v) is 5.43. The Morgan fingerprint density at radius 2 is 1.84 bits per heavy atom. The number of alkyl halides is 3. The lowest BCUT2D eigenvalue weighted by Crippen LogP contribution is -2.28. The molecule has 0 radical (unpaired) electrons. The van der Waals surface area contributed by atoms with Crippen LogP contribution in [0.25, 0.3) is 0 Å². The van der Waals surface area contributed by atoms with Crippen LogP contribution in [-0.2, 0) is 9.53 Å². The van der Waals surface area contributed by atoms with Crippen molar-refractivity contribution in [2.24, 2.45) is 5.92 Å². The zero-order chi connectivity index (χ0) is 26.4. The molecule has 1 saturated carbocycles. The molecule has 14 heteroatoms. The molecule has 0 atom stereocenters. The second-order valence-corrected chi connectivity index (χ2v) is 8.07. The average molecular weight is 521 g/mol. The zero-order valence-corrected chi connectivity index (χ0v) is 19.4. The van der Waals surface area contributed by atoms with Crippen molar-refractivity contribution in [2.75, 3.05) is 17.7 Å². The average Bonchev–Trinajstić information content (AvgIpc) is 3.33. The first kappa shape index (κ1) is 25.7. The van der Waals surface area contributed by atoms with Crippen LogP contribution in [0.1, 0.15) is 36.4 Å². The molecule has 1 aliphatic carbocycles. The third-order valence-electron chi connectivity index (χ3n) is 5.43. The molecule has 2 N–H and O–H groups in total. The number of hydrogen-bond donors (Lipinski definition) is 2. The summed E-state index contributed by atoms with van der Waals surface area (Å²) in [5.74, 6) is -1.47. The number of aromatic nitrogens is 3. The highest BCUT2D eigenvalue weighted by Gasteiger charge is 2.31. The van der Waals surface area contributed by atoms with E-state index in [1.54, 1.807) is 12.1 Å². The standard InChI is InChI=1S/C23H22F3N5O6/c1-34-21(33)13-5-8-16(9-6-13)35-18-10-7-15(12-27-18)28-19(32)20-30-31-22(36-20)29-14-3-2-4-17(11-14)37-23(24,25)26/h2-4,7,10-13,16H,5-6,8-9H2,1H3,(H,28,32)(H,29,31). The molecule has 3 aromatic rings. The van der Waals surface area contributed by atoms with Gasteiger partial charge in [-0.25, -0.2) is 4.98 Å². The highest BCUT2D eigenvalue weighted by Crippen LogP contribution is 2.29. The highest BCUT2D eigenvalue weighted by atomic mass is 19.4. The molecule has 0 unspecified atom stereocenters. The van der Waals surface area contributed by atoms with Crippen LogP contribution in [0, 0.1) is 5.92 Å². The van der Waals surface area contributed by atoms with Crippen molar-refractivity contribution in [3.8, 4) is 11.6 Å². The van der Waals surface area contributed by atoms with E-state index in [0.29, 0.717) is 37.3 Å². The molecule has 0 spiro atoms. The molecule has 11 nitrogen and oxygen atoms in total. The first-order valence-corrected chi connectivity index (χ1v) is 11.2. The first-order chi connectivity index (χ1) is 17.7. The van der Waals surface area contributed by atoms with Crippen molar-refractivity contribution in [3.05, 3.63) is 48.5 Å². The van der Waals surface area contributed by atoms with Gasteiger partial charge in [0.05, 0.1) is 24.9 Å². The van der Waals surface area contributed by atoms with Gasteiger partial charge in [-0.1, -0.05) is 11.2 Å². The van der Waals surface area contributed by atoms with E-state index in [2.05, 4.69) is 30.6 Å². The van der Waals surface area contributed by atoms with Crippen LogP contribution in [0.4, 0.5) is 30.6 Å². The number of carbonyl (C=O) groups is 2. The molecule has 2 aromatic heterocycles. The van der Waals surface area contributed by atoms with E-state index in [4.69, 9.17) is 13.9 Å². The predicted octanol–water partition coefficient (Wildman–Crippen LogP) is 4.47. The molecule has 1 aliphatic rings. The van der Waals surface area contributed by atoms with Crippen LogP contribution >= 0.6 is 0 Å². The van der Waals surface area contributed by atoms with Gasteiger partial charge in [-0.3, -0.25) is 9.59 Å². The Hall–Kier alpha value is -4.36. The summed E-state index contributed by atoms with van der Waals surface area (Å²) >= 11 is 0. The number of benzene rings is 1. The van der Waals surface area contributed by atoms with Crippen molar-refractivity contribution in [2.45, 2.75) is 38.1 Å². The Labute approximate surface area is 208 Å². The van der Waals surface area contributed by atoms with Crippen molar-refractivity contribution in [1.82, 2.24) is 15.2 Å². The Balaban J connectivity index is 1.28. The number of anilines is 3. The maximum absolute atomic E-state index is 12.4. The van der Waals surface area contributed by atoms with Crippen LogP contribution in [0.3, 0.4) is 0 Å². The summed E-state index contributed by atoms with van der Waals surface area (Å²) in [6, 6.07) is 7.97. The predicted molar refractivity (Wildman–Crippen MR) is 121 cm³/mol. The number of esters is 1. The number of amides is 1. The van der Waals surface area contributed by atoms with Gasteiger partial charge in [0, 0.05) is 17.8 Å². The normalized spacial score (nSPS) is 17.5. The molecule has 0 bridgehead atoms. The monoisotopic (exact) mass is 521 g/mol. The van der Waals surface area contributed by atoms with Crippen LogP contribution in [-0.4, -0.2) is 46.6 Å². The van der Waals surface area contributed by atoms with Gasteiger partial charge in [-0.2, -0.15) is 0 Å². The van der Waals surface area contributed by atoms with Gasteiger partial charge in [0.1, 0.15) is 11.9 Å². The van der Waals surface area contributed by atoms with Crippen molar-refractivity contribution in [3.63, 3.8) is 0 Å². The summed E-state index contributed by atoms with van der Waals surface area (Å²) in [5, 5.41) is 12.4. The van der Waals surface area contributed by atoms with E-state index in [1.807, 2.05) is 0 Å². The Bertz CT molecular complexity index is 1230. The highest BCUT2D eigenvalue weighted by molar-refractivity contribution is 6.00. The fourth-order valence-corrected chi connectivity index (χ4v) is 3.72. The van der Waals surface area contributed by atoms with Gasteiger partial charge in [0.15, 0.2) is 0 Å². The number of carbonyl (C=O) groups excluding carboxylic acids is 2. The number of rotatable bonds is 8. The fourth-order valence-electron chi connectivity index (χ4n) is 3.72. The number of nitrogens with one attached hydrogen (secondary N) is 2. The van der Waals surface area contributed by atoms with Gasteiger partial charge < -0.3 is 29.3 Å². The van der Waals surface area contributed by atoms with Crippen LogP contribution in [0.15, 0.2) is 47.0 Å². The number of nitrogens with zero attached hydrogens (tertiary/aromatic N) is 3. The first-order valence-electron chi connectivity index (χ1n) is 11.2. The molecule has 4 rings (SSSR count). The maximum Gasteiger partial charge on any atom is 0.573 e. The van der Waals surface area contributed by atoms with Crippen molar-refractivity contribution >= 4 is 29.3 Å². The number of ether oxygens (including phenoxy) is 3. The molecule has 0 aliphatic heterocycles. The van der Waals surface area contributed by atoms with Gasteiger partial charge >= 0.3 is 30.1 Å². The van der Waals surface area contributed by atoms with Crippen molar-refractivity contribution < 1.29 is 41.4 Å². The van der Waals surface area contributed by atoms with Gasteiger partial charge in [-0.15, -0.1) is 18.3 Å². The summed E-state index contributed by atoms with van der Waals surface area (Å²) in [4.78, 5) is 28.2. The summed E-state index contributed by atoms with van der Waals surface area (Å²) in [5.41, 5.74) is 0.521. The van der Waals surface area contributed by atoms with Gasteiger partial charge in [-0.05, 0) is 43.9 Å². The molecule has 1 fully saturated rings. The maximum atomic E-state index is 12.4. The van der Waals surface area contributed by atoms with Gasteiger partial charge in [0.25, 0.3) is 0 Å². The second-order valence-electron chi connectivity index (χ2n) is 8.07. The Morgan fingerprint density at radius 1 is 1.05 bits per heavy atom. The summed E-state index contributed by atoms with van der Waals surface area (Å²) < 4.78 is 56.9. The molecule has 1 amide bonds. The lowest BCUT2D eigenvalue weighted by atomic mass is 9.87. The topological polar surface area (TPSA) is 138 Å². The fraction of sp³-hybridized carbons (Fsp3) is 0.348. The molecular weight excluding hydrogens is 499 g/mol. The summed E-state index contributed by atoms with van der Waals surface area (Å²) in [7, 11) is 1.38. The van der Waals surface area contributed by atoms with E-state index in [0.717, 1.165) is 12.1 Å². The molecule has 37 heavy (non-hydrogen) atoms. The summed E-state index contributed by atoms with van der Waals surface area (Å²) in [6.07, 6.45) is -0.745. The third kappa shape index (κ3) is 7.32. The van der Waals surface area contributed by atoms with E-state index in [1.165, 1.54) is 25.4 Å². The Kier molecular flexibility index (Phi) is 7.74. The van der Waals surface area contributed by atoms with Crippen LogP contribution in [0.2, 0.25) is 0 Å². The molecular formula is C23H22F3N5O6. The van der Waals surface area contributed by atoms with E-state index in [9.17, 15) is 22.8 Å². The molecule has 196 valence electrons. The summed E-state index contributed by atoms with van der Waals surface area (Å²) in [6.45, 7) is 0. The zero-order valence-electron chi connectivity index (χ0n) is 19.4. The van der Waals surface area contributed by atoms with Crippen molar-refractivity contribution in [1.29, 1.82) is 0 Å². The number of pyridine rings is 1. The van der Waals surface area contributed by atoms with E-state index < -0.39 is 18.0 Å². The Morgan fingerprint density at radius 3 is 2.51 bits per heavy atom. The number of hydrogen-bond acceptors (Lipinski definition) is 10. The smallest absolute Gasteiger partial charge is 0.474 e. The van der Waals surface area contributed by atoms with E-state index in [-0.39, 0.29) is 35.6 Å². The van der Waals surface area contributed by atoms with Gasteiger partial charge in [0.2, 0.25) is 5.88 Å². The number of methoxy groups -OCH3 is 1. The lowest BCUT2D eigenvalue weighted by molar-refractivity contribution is -0.274. The minimum absolute atomic E-state index is 0.0705. The largest absolute Gasteiger partial charge is 0.573 e. The van der Waals surface area contributed by atoms with Crippen LogP contribution < -0.4 is 20.1 Å². The second kappa shape index (κ2) is 11.1. The van der Waals surface area contributed by atoms with Crippen LogP contribution in [0.5, 0.6) is 11.6 Å². The minimum Gasteiger partial charge on any atom is -0.474 e. The quantitative estimate of drug-likeness (QED) is 0.408. The van der Waals surface area contributed by atoms with E-state index >= 15 is 0 Å². The lowest BCUT2D eigenvalue weighted by Gasteiger charge is -2.27. The molecule has 0 saturated heterocycles. The molecule has 2 heterocycles. The number of halogens is 3. The SMILES string of the molecule is COC(=O)C1CCC(Oc2ccc(NC(=O)c3nnc(Nc4cccc(OC(F)(F)F)c4)o3)cn2)CC1. The molecule has 1 aromatic carbocycles. The minimum atomic E-state index is -4.83.